The lowest BCUT2D eigenvalue weighted by Gasteiger charge is -2.22. The van der Waals surface area contributed by atoms with Crippen LogP contribution in [0.1, 0.15) is 26.3 Å². The van der Waals surface area contributed by atoms with E-state index in [0.717, 1.165) is 22.3 Å². The molecular formula is C15H14NO3S-. The lowest BCUT2D eigenvalue weighted by molar-refractivity contribution is 0.464. The van der Waals surface area contributed by atoms with Gasteiger partial charge in [0.15, 0.2) is 0 Å². The fourth-order valence-electron chi connectivity index (χ4n) is 2.79. The SMILES string of the molecule is CC1=Nc2ccc3c(S(=O)(=O)[O-])cccc3c2C1(C)C. The molecule has 0 radical (unpaired) electrons. The molecule has 2 aromatic carbocycles. The van der Waals surface area contributed by atoms with Gasteiger partial charge in [-0.1, -0.05) is 32.0 Å². The molecule has 0 unspecified atom stereocenters. The normalized spacial score (nSPS) is 17.1. The highest BCUT2D eigenvalue weighted by molar-refractivity contribution is 7.86. The number of aliphatic imine (C=N–C) groups is 1. The number of benzene rings is 2. The average Bonchev–Trinajstić information content (AvgIpc) is 2.58. The number of rotatable bonds is 1. The van der Waals surface area contributed by atoms with E-state index >= 15 is 0 Å². The second-order valence-electron chi connectivity index (χ2n) is 5.59. The van der Waals surface area contributed by atoms with Crippen molar-refractivity contribution >= 4 is 32.3 Å². The number of nitrogens with zero attached hydrogens (tertiary/aromatic N) is 1. The summed E-state index contributed by atoms with van der Waals surface area (Å²) in [6, 6.07) is 8.25. The van der Waals surface area contributed by atoms with Gasteiger partial charge >= 0.3 is 0 Å². The summed E-state index contributed by atoms with van der Waals surface area (Å²) in [6.45, 7) is 6.06. The Bertz CT molecular complexity index is 864. The van der Waals surface area contributed by atoms with Crippen LogP contribution >= 0.6 is 0 Å². The molecule has 0 fully saturated rings. The van der Waals surface area contributed by atoms with E-state index < -0.39 is 10.1 Å². The number of hydrogen-bond donors (Lipinski definition) is 0. The van der Waals surface area contributed by atoms with Crippen LogP contribution in [0.2, 0.25) is 0 Å². The van der Waals surface area contributed by atoms with Crippen molar-refractivity contribution in [3.63, 3.8) is 0 Å². The summed E-state index contributed by atoms with van der Waals surface area (Å²) in [6.07, 6.45) is 0. The lowest BCUT2D eigenvalue weighted by atomic mass is 9.80. The van der Waals surface area contributed by atoms with Gasteiger partial charge in [-0.25, -0.2) is 8.42 Å². The standard InChI is InChI=1S/C15H15NO3S/c1-9-15(2,3)14-11-5-4-6-13(20(17,18)19)10(11)7-8-12(14)16-9/h4-8H,1-3H3,(H,17,18,19)/p-1. The molecule has 0 saturated heterocycles. The van der Waals surface area contributed by atoms with Crippen LogP contribution in [-0.2, 0) is 15.5 Å². The van der Waals surface area contributed by atoms with E-state index in [0.29, 0.717) is 5.39 Å². The highest BCUT2D eigenvalue weighted by Crippen LogP contribution is 2.44. The molecule has 2 aromatic rings. The van der Waals surface area contributed by atoms with Crippen molar-refractivity contribution in [1.82, 2.24) is 0 Å². The molecule has 1 heterocycles. The second-order valence-corrected chi connectivity index (χ2v) is 6.94. The van der Waals surface area contributed by atoms with E-state index in [1.165, 1.54) is 6.07 Å². The van der Waals surface area contributed by atoms with Crippen LogP contribution < -0.4 is 0 Å². The molecule has 0 spiro atoms. The molecule has 4 nitrogen and oxygen atoms in total. The Morgan fingerprint density at radius 2 is 1.80 bits per heavy atom. The lowest BCUT2D eigenvalue weighted by Crippen LogP contribution is -2.23. The minimum Gasteiger partial charge on any atom is -0.744 e. The molecule has 0 N–H and O–H groups in total. The highest BCUT2D eigenvalue weighted by Gasteiger charge is 2.34. The van der Waals surface area contributed by atoms with Crippen LogP contribution in [0, 0.1) is 0 Å². The quantitative estimate of drug-likeness (QED) is 0.757. The zero-order chi connectivity index (χ0) is 14.7. The average molecular weight is 288 g/mol. The predicted octanol–water partition coefficient (Wildman–Crippen LogP) is 3.13. The Hall–Kier alpha value is -1.72. The van der Waals surface area contributed by atoms with Crippen LogP contribution in [0.25, 0.3) is 10.8 Å². The van der Waals surface area contributed by atoms with Gasteiger partial charge in [-0.05, 0) is 35.4 Å². The molecule has 3 rings (SSSR count). The highest BCUT2D eigenvalue weighted by atomic mass is 32.2. The first-order valence-corrected chi connectivity index (χ1v) is 7.71. The molecule has 20 heavy (non-hydrogen) atoms. The van der Waals surface area contributed by atoms with E-state index in [-0.39, 0.29) is 10.3 Å². The van der Waals surface area contributed by atoms with Gasteiger partial charge in [0.05, 0.1) is 10.6 Å². The summed E-state index contributed by atoms with van der Waals surface area (Å²) in [5, 5.41) is 1.25. The molecule has 0 saturated carbocycles. The van der Waals surface area contributed by atoms with Crippen molar-refractivity contribution in [2.24, 2.45) is 4.99 Å². The largest absolute Gasteiger partial charge is 0.744 e. The van der Waals surface area contributed by atoms with E-state index in [2.05, 4.69) is 18.8 Å². The van der Waals surface area contributed by atoms with Crippen molar-refractivity contribution < 1.29 is 13.0 Å². The van der Waals surface area contributed by atoms with Crippen LogP contribution in [0.5, 0.6) is 0 Å². The third kappa shape index (κ3) is 1.70. The van der Waals surface area contributed by atoms with Crippen LogP contribution in [0.3, 0.4) is 0 Å². The zero-order valence-electron chi connectivity index (χ0n) is 11.5. The van der Waals surface area contributed by atoms with Crippen molar-refractivity contribution in [1.29, 1.82) is 0 Å². The summed E-state index contributed by atoms with van der Waals surface area (Å²) in [4.78, 5) is 4.37. The maximum Gasteiger partial charge on any atom is 0.125 e. The van der Waals surface area contributed by atoms with E-state index in [9.17, 15) is 13.0 Å². The molecule has 1 aliphatic heterocycles. The predicted molar refractivity (Wildman–Crippen MR) is 77.7 cm³/mol. The fraction of sp³-hybridized carbons (Fsp3) is 0.267. The van der Waals surface area contributed by atoms with Crippen molar-refractivity contribution in [2.75, 3.05) is 0 Å². The van der Waals surface area contributed by atoms with Gasteiger partial charge in [-0.2, -0.15) is 0 Å². The minimum atomic E-state index is -4.49. The first kappa shape index (κ1) is 13.3. The molecule has 5 heteroatoms. The van der Waals surface area contributed by atoms with Gasteiger partial charge in [0.25, 0.3) is 0 Å². The van der Waals surface area contributed by atoms with Gasteiger partial charge in [-0.15, -0.1) is 0 Å². The minimum absolute atomic E-state index is 0.168. The second kappa shape index (κ2) is 3.90. The van der Waals surface area contributed by atoms with Gasteiger partial charge in [0.2, 0.25) is 0 Å². The Morgan fingerprint density at radius 1 is 1.10 bits per heavy atom. The molecule has 0 aromatic heterocycles. The van der Waals surface area contributed by atoms with Crippen LogP contribution in [0.4, 0.5) is 5.69 Å². The Labute approximate surface area is 117 Å². The van der Waals surface area contributed by atoms with Crippen molar-refractivity contribution in [2.45, 2.75) is 31.1 Å². The molecule has 104 valence electrons. The summed E-state index contributed by atoms with van der Waals surface area (Å²) >= 11 is 0. The summed E-state index contributed by atoms with van der Waals surface area (Å²) in [5.41, 5.74) is 2.55. The Kier molecular flexibility index (Phi) is 2.59. The zero-order valence-corrected chi connectivity index (χ0v) is 12.3. The maximum atomic E-state index is 11.4. The molecule has 0 amide bonds. The number of fused-ring (bicyclic) bond motifs is 3. The molecule has 0 aliphatic carbocycles. The molecule has 0 atom stereocenters. The van der Waals surface area contributed by atoms with Crippen LogP contribution in [0.15, 0.2) is 40.2 Å². The van der Waals surface area contributed by atoms with Gasteiger partial charge in [-0.3, -0.25) is 4.99 Å². The van der Waals surface area contributed by atoms with Crippen molar-refractivity contribution in [3.8, 4) is 0 Å². The smallest absolute Gasteiger partial charge is 0.125 e. The van der Waals surface area contributed by atoms with E-state index in [1.54, 1.807) is 18.2 Å². The Balaban J connectivity index is 2.46. The number of hydrogen-bond acceptors (Lipinski definition) is 4. The molecular weight excluding hydrogens is 274 g/mol. The first-order chi connectivity index (χ1) is 9.23. The van der Waals surface area contributed by atoms with E-state index in [1.807, 2.05) is 13.0 Å². The maximum absolute atomic E-state index is 11.4. The monoisotopic (exact) mass is 288 g/mol. The fourth-order valence-corrected chi connectivity index (χ4v) is 3.48. The summed E-state index contributed by atoms with van der Waals surface area (Å²) < 4.78 is 34.2. The van der Waals surface area contributed by atoms with Crippen LogP contribution in [-0.4, -0.2) is 18.7 Å². The van der Waals surface area contributed by atoms with Crippen molar-refractivity contribution in [3.05, 3.63) is 35.9 Å². The molecule has 0 bridgehead atoms. The van der Waals surface area contributed by atoms with Gasteiger partial charge in [0.1, 0.15) is 10.1 Å². The van der Waals surface area contributed by atoms with Gasteiger partial charge < -0.3 is 4.55 Å². The Morgan fingerprint density at radius 3 is 2.45 bits per heavy atom. The summed E-state index contributed by atoms with van der Waals surface area (Å²) in [5.74, 6) is 0. The molecule has 1 aliphatic rings. The van der Waals surface area contributed by atoms with Gasteiger partial charge in [0, 0.05) is 11.1 Å². The third-order valence-electron chi connectivity index (χ3n) is 4.09. The first-order valence-electron chi connectivity index (χ1n) is 6.31. The topological polar surface area (TPSA) is 69.6 Å². The third-order valence-corrected chi connectivity index (χ3v) is 4.98. The van der Waals surface area contributed by atoms with E-state index in [4.69, 9.17) is 0 Å². The summed E-state index contributed by atoms with van der Waals surface area (Å²) in [7, 11) is -4.49.